The molecule has 2 unspecified atom stereocenters. The third-order valence-corrected chi connectivity index (χ3v) is 6.70. The van der Waals surface area contributed by atoms with Crippen LogP contribution in [-0.2, 0) is 19.7 Å². The molecule has 10 heteroatoms. The first-order valence-electron chi connectivity index (χ1n) is 7.96. The van der Waals surface area contributed by atoms with E-state index in [1.807, 2.05) is 0 Å². The number of fused-ring (bicyclic) bond motifs is 2. The van der Waals surface area contributed by atoms with Gasteiger partial charge in [-0.05, 0) is 30.4 Å². The van der Waals surface area contributed by atoms with Gasteiger partial charge in [-0.3, -0.25) is 14.1 Å². The van der Waals surface area contributed by atoms with Crippen molar-refractivity contribution in [3.63, 3.8) is 0 Å². The van der Waals surface area contributed by atoms with Crippen LogP contribution < -0.4 is 0 Å². The zero-order valence-electron chi connectivity index (χ0n) is 14.5. The molecule has 3 rings (SSSR count). The largest absolute Gasteiger partial charge is 0.478 e. The van der Waals surface area contributed by atoms with Gasteiger partial charge in [0.2, 0.25) is 11.6 Å². The molecule has 2 N–H and O–H groups in total. The molecular weight excluding hydrogens is 403 g/mol. The predicted octanol–water partition coefficient (Wildman–Crippen LogP) is 2.63. The summed E-state index contributed by atoms with van der Waals surface area (Å²) < 4.78 is 43.7. The van der Waals surface area contributed by atoms with Gasteiger partial charge in [-0.2, -0.15) is 8.42 Å². The molecule has 27 heavy (non-hydrogen) atoms. The molecule has 2 aliphatic rings. The van der Waals surface area contributed by atoms with Crippen molar-refractivity contribution in [1.82, 2.24) is 0 Å². The molecule has 148 valence electrons. The van der Waals surface area contributed by atoms with Gasteiger partial charge in [-0.15, -0.1) is 0 Å². The van der Waals surface area contributed by atoms with E-state index in [4.69, 9.17) is 21.3 Å². The number of hydrogen-bond donors (Lipinski definition) is 2. The van der Waals surface area contributed by atoms with Gasteiger partial charge < -0.3 is 5.11 Å². The zero-order chi connectivity index (χ0) is 20.8. The fourth-order valence-corrected chi connectivity index (χ4v) is 5.42. The van der Waals surface area contributed by atoms with Crippen LogP contribution in [0.4, 0.5) is 4.39 Å². The van der Waals surface area contributed by atoms with Crippen LogP contribution in [0.15, 0.2) is 18.2 Å². The van der Waals surface area contributed by atoms with Crippen LogP contribution >= 0.6 is 11.6 Å². The Labute approximate surface area is 160 Å². The van der Waals surface area contributed by atoms with E-state index in [2.05, 4.69) is 0 Å². The highest BCUT2D eigenvalue weighted by Gasteiger charge is 2.69. The summed E-state index contributed by atoms with van der Waals surface area (Å²) in [6.07, 6.45) is 0.905. The molecule has 0 aromatic heterocycles. The summed E-state index contributed by atoms with van der Waals surface area (Å²) in [6, 6.07) is 3.84. The van der Waals surface area contributed by atoms with E-state index < -0.39 is 55.6 Å². The second-order valence-corrected chi connectivity index (χ2v) is 9.08. The number of Topliss-reactive ketones (excluding diaryl/α,β-unsaturated/α-hetero) is 2. The van der Waals surface area contributed by atoms with Gasteiger partial charge >= 0.3 is 5.97 Å². The van der Waals surface area contributed by atoms with E-state index in [0.29, 0.717) is 12.8 Å². The van der Waals surface area contributed by atoms with Crippen molar-refractivity contribution in [3.8, 4) is 0 Å². The summed E-state index contributed by atoms with van der Waals surface area (Å²) in [5.74, 6) is -4.31. The van der Waals surface area contributed by atoms with Crippen LogP contribution in [0.25, 0.3) is 0 Å². The fourth-order valence-electron chi connectivity index (χ4n) is 3.97. The lowest BCUT2D eigenvalue weighted by atomic mass is 9.70. The zero-order valence-corrected chi connectivity index (χ0v) is 16.1. The summed E-state index contributed by atoms with van der Waals surface area (Å²) >= 11 is 5.32. The highest BCUT2D eigenvalue weighted by Crippen LogP contribution is 2.62. The van der Waals surface area contributed by atoms with E-state index in [9.17, 15) is 27.2 Å². The van der Waals surface area contributed by atoms with E-state index >= 15 is 0 Å². The Bertz CT molecular complexity index is 925. The van der Waals surface area contributed by atoms with Crippen molar-refractivity contribution in [2.45, 2.75) is 26.7 Å². The molecule has 7 nitrogen and oxygen atoms in total. The lowest BCUT2D eigenvalue weighted by Crippen LogP contribution is -2.43. The maximum absolute atomic E-state index is 12.7. The summed E-state index contributed by atoms with van der Waals surface area (Å²) in [5, 5.41) is 8.22. The van der Waals surface area contributed by atoms with E-state index in [1.165, 1.54) is 12.1 Å². The number of carboxylic acid groups (broad SMARTS) is 1. The first kappa shape index (κ1) is 21.5. The topological polar surface area (TPSA) is 126 Å². The Kier molecular flexibility index (Phi) is 5.53. The molecule has 2 atom stereocenters. The first-order chi connectivity index (χ1) is 12.2. The Hall–Kier alpha value is -1.84. The smallest absolute Gasteiger partial charge is 0.338 e. The molecule has 0 radical (unpaired) electrons. The van der Waals surface area contributed by atoms with Crippen molar-refractivity contribution < 1.29 is 36.9 Å². The maximum Gasteiger partial charge on any atom is 0.338 e. The van der Waals surface area contributed by atoms with Gasteiger partial charge in [0.25, 0.3) is 10.1 Å². The number of halogens is 2. The molecule has 2 saturated carbocycles. The van der Waals surface area contributed by atoms with Crippen molar-refractivity contribution in [1.29, 1.82) is 0 Å². The molecule has 0 heterocycles. The third kappa shape index (κ3) is 3.63. The number of carboxylic acids is 1. The normalized spacial score (nSPS) is 25.9. The molecule has 2 aliphatic carbocycles. The van der Waals surface area contributed by atoms with Gasteiger partial charge in [0.05, 0.1) is 21.8 Å². The van der Waals surface area contributed by atoms with Crippen molar-refractivity contribution >= 4 is 39.3 Å². The number of carbonyl (C=O) groups is 3. The van der Waals surface area contributed by atoms with Crippen molar-refractivity contribution in [3.05, 3.63) is 34.6 Å². The number of rotatable bonds is 3. The van der Waals surface area contributed by atoms with E-state index in [1.54, 1.807) is 13.8 Å². The molecular formula is C17H18ClFO7S. The molecule has 0 amide bonds. The number of ketones is 2. The van der Waals surface area contributed by atoms with Gasteiger partial charge in [-0.25, -0.2) is 9.18 Å². The second-order valence-electron chi connectivity index (χ2n) is 7.22. The summed E-state index contributed by atoms with van der Waals surface area (Å²) in [4.78, 5) is 33.8. The molecule has 2 fully saturated rings. The van der Waals surface area contributed by atoms with Crippen molar-refractivity contribution in [2.24, 2.45) is 16.7 Å². The molecule has 2 bridgehead atoms. The fraction of sp³-hybridized carbons (Fsp3) is 0.471. The van der Waals surface area contributed by atoms with Gasteiger partial charge in [-0.1, -0.05) is 31.5 Å². The Morgan fingerprint density at radius 3 is 2.33 bits per heavy atom. The van der Waals surface area contributed by atoms with Gasteiger partial charge in [0, 0.05) is 5.92 Å². The monoisotopic (exact) mass is 420 g/mol. The number of carbonyl (C=O) groups excluding carboxylic acids is 2. The second kappa shape index (κ2) is 6.96. The SMILES string of the molecule is CC1(C)C2CCC1(CS(=O)(=O)O)C(=O)C2=O.O=C(O)c1cccc(Cl)c1F. The van der Waals surface area contributed by atoms with Gasteiger partial charge in [0.1, 0.15) is 0 Å². The van der Waals surface area contributed by atoms with Crippen molar-refractivity contribution in [2.75, 3.05) is 5.75 Å². The van der Waals surface area contributed by atoms with Gasteiger partial charge in [0.15, 0.2) is 5.82 Å². The molecule has 1 aromatic rings. The highest BCUT2D eigenvalue weighted by molar-refractivity contribution is 7.85. The Morgan fingerprint density at radius 2 is 1.93 bits per heavy atom. The summed E-state index contributed by atoms with van der Waals surface area (Å²) in [6.45, 7) is 3.47. The van der Waals surface area contributed by atoms with E-state index in [0.717, 1.165) is 6.07 Å². The average molecular weight is 421 g/mol. The lowest BCUT2D eigenvalue weighted by Gasteiger charge is -2.34. The highest BCUT2D eigenvalue weighted by atomic mass is 35.5. The Morgan fingerprint density at radius 1 is 1.33 bits per heavy atom. The van der Waals surface area contributed by atoms with Crippen LogP contribution in [0.2, 0.25) is 5.02 Å². The minimum Gasteiger partial charge on any atom is -0.478 e. The average Bonchev–Trinajstić information content (AvgIpc) is 2.84. The van der Waals surface area contributed by atoms with Crippen LogP contribution in [0, 0.1) is 22.6 Å². The molecule has 0 aliphatic heterocycles. The molecule has 1 aromatic carbocycles. The van der Waals surface area contributed by atoms with E-state index in [-0.39, 0.29) is 10.9 Å². The van der Waals surface area contributed by atoms with Crippen LogP contribution in [-0.4, -0.2) is 41.4 Å². The summed E-state index contributed by atoms with van der Waals surface area (Å²) in [7, 11) is -4.25. The van der Waals surface area contributed by atoms with Crippen LogP contribution in [0.1, 0.15) is 37.0 Å². The number of benzene rings is 1. The predicted molar refractivity (Wildman–Crippen MR) is 93.7 cm³/mol. The number of hydrogen-bond acceptors (Lipinski definition) is 5. The summed E-state index contributed by atoms with van der Waals surface area (Å²) in [5.41, 5.74) is -2.28. The van der Waals surface area contributed by atoms with Crippen LogP contribution in [0.3, 0.4) is 0 Å². The maximum atomic E-state index is 12.7. The minimum atomic E-state index is -4.25. The Balaban J connectivity index is 0.000000208. The quantitative estimate of drug-likeness (QED) is 0.568. The lowest BCUT2D eigenvalue weighted by molar-refractivity contribution is -0.141. The third-order valence-electron chi connectivity index (χ3n) is 5.55. The minimum absolute atomic E-state index is 0.176. The first-order valence-corrected chi connectivity index (χ1v) is 9.94. The molecule has 0 saturated heterocycles. The molecule has 0 spiro atoms. The van der Waals surface area contributed by atoms with Crippen LogP contribution in [0.5, 0.6) is 0 Å². The number of aromatic carboxylic acids is 1. The standard InChI is InChI=1S/C10H14O5S.C7H4ClFO2/c1-9(2)6-3-4-10(9,5-16(13,14)15)8(12)7(6)11;8-5-3-1-2-4(6(5)9)7(10)11/h6H,3-5H2,1-2H3,(H,13,14,15);1-3H,(H,10,11).